The van der Waals surface area contributed by atoms with E-state index in [2.05, 4.69) is 44.1 Å². The normalized spacial score (nSPS) is 13.6. The first kappa shape index (κ1) is 14.3. The summed E-state index contributed by atoms with van der Waals surface area (Å²) in [6.45, 7) is 12.7. The summed E-state index contributed by atoms with van der Waals surface area (Å²) < 4.78 is 5.55. The Morgan fingerprint density at radius 1 is 1.29 bits per heavy atom. The van der Waals surface area contributed by atoms with Crippen LogP contribution in [0.3, 0.4) is 0 Å². The first-order valence-electron chi connectivity index (χ1n) is 6.42. The highest BCUT2D eigenvalue weighted by Gasteiger charge is 2.12. The topological polar surface area (TPSA) is 28.4 Å². The lowest BCUT2D eigenvalue weighted by atomic mass is 10.1. The van der Waals surface area contributed by atoms with Crippen LogP contribution in [0.1, 0.15) is 43.9 Å². The minimum Gasteiger partial charge on any atom is -0.466 e. The highest BCUT2D eigenvalue weighted by molar-refractivity contribution is 5.23. The van der Waals surface area contributed by atoms with Crippen LogP contribution in [0.15, 0.2) is 10.5 Å². The second-order valence-corrected chi connectivity index (χ2v) is 5.12. The van der Waals surface area contributed by atoms with E-state index < -0.39 is 0 Å². The smallest absolute Gasteiger partial charge is 0.105 e. The average Bonchev–Trinajstić information content (AvgIpc) is 2.57. The Labute approximate surface area is 105 Å². The van der Waals surface area contributed by atoms with Crippen molar-refractivity contribution in [3.05, 3.63) is 23.2 Å². The van der Waals surface area contributed by atoms with Crippen LogP contribution in [0.5, 0.6) is 0 Å². The van der Waals surface area contributed by atoms with Crippen molar-refractivity contribution in [2.24, 2.45) is 0 Å². The number of nitrogens with zero attached hydrogens (tertiary/aromatic N) is 1. The Hall–Kier alpha value is -0.800. The standard InChI is InChI=1S/C14H26N2O/c1-10(2)16(6)8-7-15-12(4)14-9-11(3)17-13(14)5/h9-10,12,15H,7-8H2,1-6H3. The zero-order valence-corrected chi connectivity index (χ0v) is 12.0. The SMILES string of the molecule is Cc1cc(C(C)NCCN(C)C(C)C)c(C)o1. The van der Waals surface area contributed by atoms with E-state index in [9.17, 15) is 0 Å². The summed E-state index contributed by atoms with van der Waals surface area (Å²) >= 11 is 0. The van der Waals surface area contributed by atoms with Gasteiger partial charge in [0, 0.05) is 30.7 Å². The third-order valence-electron chi connectivity index (χ3n) is 3.34. The molecule has 0 fully saturated rings. The van der Waals surface area contributed by atoms with Crippen molar-refractivity contribution < 1.29 is 4.42 Å². The van der Waals surface area contributed by atoms with Gasteiger partial charge >= 0.3 is 0 Å². The Morgan fingerprint density at radius 3 is 2.41 bits per heavy atom. The van der Waals surface area contributed by atoms with Gasteiger partial charge in [-0.15, -0.1) is 0 Å². The van der Waals surface area contributed by atoms with Crippen LogP contribution in [-0.2, 0) is 0 Å². The summed E-state index contributed by atoms with van der Waals surface area (Å²) in [5, 5.41) is 3.54. The molecule has 0 aliphatic carbocycles. The zero-order valence-electron chi connectivity index (χ0n) is 12.0. The minimum atomic E-state index is 0.355. The predicted octanol–water partition coefficient (Wildman–Crippen LogP) is 2.89. The largest absolute Gasteiger partial charge is 0.466 e. The maximum Gasteiger partial charge on any atom is 0.105 e. The molecule has 0 aliphatic heterocycles. The van der Waals surface area contributed by atoms with Crippen LogP contribution in [0.2, 0.25) is 0 Å². The Morgan fingerprint density at radius 2 is 1.94 bits per heavy atom. The monoisotopic (exact) mass is 238 g/mol. The van der Waals surface area contributed by atoms with Gasteiger partial charge in [-0.2, -0.15) is 0 Å². The van der Waals surface area contributed by atoms with Gasteiger partial charge in [0.1, 0.15) is 11.5 Å². The molecule has 0 bridgehead atoms. The summed E-state index contributed by atoms with van der Waals surface area (Å²) in [6, 6.07) is 3.08. The zero-order chi connectivity index (χ0) is 13.0. The average molecular weight is 238 g/mol. The molecule has 0 aliphatic rings. The molecule has 1 N–H and O–H groups in total. The molecule has 0 amide bonds. The van der Waals surface area contributed by atoms with Crippen molar-refractivity contribution in [1.82, 2.24) is 10.2 Å². The predicted molar refractivity (Wildman–Crippen MR) is 72.4 cm³/mol. The second kappa shape index (κ2) is 6.22. The van der Waals surface area contributed by atoms with Crippen molar-refractivity contribution in [3.63, 3.8) is 0 Å². The molecule has 3 heteroatoms. The third kappa shape index (κ3) is 4.17. The van der Waals surface area contributed by atoms with E-state index >= 15 is 0 Å². The van der Waals surface area contributed by atoms with Crippen molar-refractivity contribution in [2.75, 3.05) is 20.1 Å². The van der Waals surface area contributed by atoms with Gasteiger partial charge < -0.3 is 14.6 Å². The Balaban J connectivity index is 2.40. The lowest BCUT2D eigenvalue weighted by Gasteiger charge is -2.22. The van der Waals surface area contributed by atoms with Crippen LogP contribution >= 0.6 is 0 Å². The molecule has 98 valence electrons. The number of likely N-dealkylation sites (N-methyl/N-ethyl adjacent to an activating group) is 1. The summed E-state index contributed by atoms with van der Waals surface area (Å²) in [5.41, 5.74) is 1.27. The minimum absolute atomic E-state index is 0.355. The summed E-state index contributed by atoms with van der Waals surface area (Å²) in [7, 11) is 2.16. The Bertz CT molecular complexity index is 344. The van der Waals surface area contributed by atoms with Gasteiger partial charge in [0.25, 0.3) is 0 Å². The van der Waals surface area contributed by atoms with E-state index in [1.54, 1.807) is 0 Å². The Kier molecular flexibility index (Phi) is 5.22. The lowest BCUT2D eigenvalue weighted by Crippen LogP contribution is -2.34. The summed E-state index contributed by atoms with van der Waals surface area (Å²) in [5.74, 6) is 2.02. The van der Waals surface area contributed by atoms with Gasteiger partial charge in [-0.25, -0.2) is 0 Å². The molecule has 3 nitrogen and oxygen atoms in total. The van der Waals surface area contributed by atoms with Crippen molar-refractivity contribution >= 4 is 0 Å². The highest BCUT2D eigenvalue weighted by Crippen LogP contribution is 2.20. The van der Waals surface area contributed by atoms with Gasteiger partial charge in [0.05, 0.1) is 0 Å². The van der Waals surface area contributed by atoms with E-state index in [1.807, 2.05) is 13.8 Å². The molecule has 0 spiro atoms. The van der Waals surface area contributed by atoms with Gasteiger partial charge in [0.2, 0.25) is 0 Å². The fourth-order valence-corrected chi connectivity index (χ4v) is 1.91. The fourth-order valence-electron chi connectivity index (χ4n) is 1.91. The number of hydrogen-bond acceptors (Lipinski definition) is 3. The van der Waals surface area contributed by atoms with Crippen molar-refractivity contribution in [1.29, 1.82) is 0 Å². The van der Waals surface area contributed by atoms with Gasteiger partial charge in [-0.1, -0.05) is 0 Å². The molecule has 1 rings (SSSR count). The summed E-state index contributed by atoms with van der Waals surface area (Å²) in [4.78, 5) is 2.34. The van der Waals surface area contributed by atoms with Gasteiger partial charge in [-0.3, -0.25) is 0 Å². The van der Waals surface area contributed by atoms with Crippen LogP contribution in [0, 0.1) is 13.8 Å². The first-order valence-corrected chi connectivity index (χ1v) is 6.42. The van der Waals surface area contributed by atoms with Crippen molar-refractivity contribution in [3.8, 4) is 0 Å². The van der Waals surface area contributed by atoms with E-state index in [0.717, 1.165) is 24.6 Å². The van der Waals surface area contributed by atoms with E-state index in [-0.39, 0.29) is 0 Å². The quantitative estimate of drug-likeness (QED) is 0.826. The molecular weight excluding hydrogens is 212 g/mol. The maximum absolute atomic E-state index is 5.55. The van der Waals surface area contributed by atoms with Crippen LogP contribution in [0.25, 0.3) is 0 Å². The van der Waals surface area contributed by atoms with Crippen LogP contribution < -0.4 is 5.32 Å². The first-order chi connectivity index (χ1) is 7.91. The molecule has 1 aromatic rings. The molecule has 1 unspecified atom stereocenters. The summed E-state index contributed by atoms with van der Waals surface area (Å²) in [6.07, 6.45) is 0. The van der Waals surface area contributed by atoms with E-state index in [1.165, 1.54) is 5.56 Å². The maximum atomic E-state index is 5.55. The number of rotatable bonds is 6. The number of furan rings is 1. The molecule has 1 aromatic heterocycles. The molecule has 0 radical (unpaired) electrons. The molecule has 0 aromatic carbocycles. The molecule has 0 saturated heterocycles. The van der Waals surface area contributed by atoms with E-state index in [0.29, 0.717) is 12.1 Å². The van der Waals surface area contributed by atoms with Gasteiger partial charge in [0.15, 0.2) is 0 Å². The number of hydrogen-bond donors (Lipinski definition) is 1. The second-order valence-electron chi connectivity index (χ2n) is 5.12. The molecule has 17 heavy (non-hydrogen) atoms. The van der Waals surface area contributed by atoms with E-state index in [4.69, 9.17) is 4.42 Å². The number of nitrogens with one attached hydrogen (secondary N) is 1. The van der Waals surface area contributed by atoms with Crippen molar-refractivity contribution in [2.45, 2.75) is 46.7 Å². The molecule has 1 heterocycles. The molecule has 1 atom stereocenters. The lowest BCUT2D eigenvalue weighted by molar-refractivity contribution is 0.270. The molecule has 0 saturated carbocycles. The molecular formula is C14H26N2O. The number of aryl methyl sites for hydroxylation is 2. The van der Waals surface area contributed by atoms with Crippen LogP contribution in [0.4, 0.5) is 0 Å². The fraction of sp³-hybridized carbons (Fsp3) is 0.714. The highest BCUT2D eigenvalue weighted by atomic mass is 16.3. The third-order valence-corrected chi connectivity index (χ3v) is 3.34. The van der Waals surface area contributed by atoms with Crippen LogP contribution in [-0.4, -0.2) is 31.1 Å². The van der Waals surface area contributed by atoms with Gasteiger partial charge in [-0.05, 0) is 47.7 Å².